The lowest BCUT2D eigenvalue weighted by molar-refractivity contribution is 0.0920. The second-order valence-corrected chi connectivity index (χ2v) is 5.66. The molecule has 116 valence electrons. The first kappa shape index (κ1) is 15.8. The third-order valence-electron chi connectivity index (χ3n) is 3.97. The van der Waals surface area contributed by atoms with Crippen LogP contribution in [0.1, 0.15) is 51.0 Å². The number of hydrazine groups is 1. The summed E-state index contributed by atoms with van der Waals surface area (Å²) in [6, 6.07) is 10.2. The maximum absolute atomic E-state index is 11.9. The van der Waals surface area contributed by atoms with Gasteiger partial charge in [-0.2, -0.15) is 0 Å². The van der Waals surface area contributed by atoms with Crippen molar-refractivity contribution in [1.29, 1.82) is 0 Å². The summed E-state index contributed by atoms with van der Waals surface area (Å²) in [5, 5.41) is 2.06. The van der Waals surface area contributed by atoms with Crippen LogP contribution in [0.4, 0.5) is 4.79 Å². The Morgan fingerprint density at radius 2 is 2.14 bits per heavy atom. The van der Waals surface area contributed by atoms with Crippen molar-refractivity contribution >= 4 is 6.09 Å². The molecular weight excluding hydrogens is 264 g/mol. The van der Waals surface area contributed by atoms with Crippen molar-refractivity contribution in [2.24, 2.45) is 0 Å². The Balaban J connectivity index is 1.71. The number of nitrogens with one attached hydrogen (secondary N) is 1. The lowest BCUT2D eigenvalue weighted by Gasteiger charge is -2.24. The van der Waals surface area contributed by atoms with E-state index in [0.717, 1.165) is 24.9 Å². The molecule has 1 saturated heterocycles. The lowest BCUT2D eigenvalue weighted by Crippen LogP contribution is -2.45. The Hall–Kier alpha value is -1.55. The van der Waals surface area contributed by atoms with Gasteiger partial charge in [-0.05, 0) is 24.8 Å². The van der Waals surface area contributed by atoms with Gasteiger partial charge in [-0.1, -0.05) is 56.5 Å². The number of carbonyl (C=O) groups is 1. The summed E-state index contributed by atoms with van der Waals surface area (Å²) in [6.45, 7) is 3.46. The van der Waals surface area contributed by atoms with Crippen molar-refractivity contribution in [2.75, 3.05) is 6.54 Å². The zero-order valence-electron chi connectivity index (χ0n) is 12.9. The molecule has 0 aliphatic carbocycles. The monoisotopic (exact) mass is 290 g/mol. The Kier molecular flexibility index (Phi) is 6.54. The number of benzene rings is 1. The molecule has 1 heterocycles. The molecule has 1 aliphatic heterocycles. The number of ether oxygens (including phenoxy) is 1. The zero-order chi connectivity index (χ0) is 14.9. The highest BCUT2D eigenvalue weighted by Crippen LogP contribution is 2.20. The quantitative estimate of drug-likeness (QED) is 0.775. The normalized spacial score (nSPS) is 18.6. The Morgan fingerprint density at radius 3 is 2.90 bits per heavy atom. The van der Waals surface area contributed by atoms with Crippen LogP contribution in [-0.4, -0.2) is 23.7 Å². The van der Waals surface area contributed by atoms with Crippen LogP contribution >= 0.6 is 0 Å². The Morgan fingerprint density at radius 1 is 1.33 bits per heavy atom. The van der Waals surface area contributed by atoms with Gasteiger partial charge in [0.05, 0.1) is 0 Å². The molecule has 4 nitrogen and oxygen atoms in total. The minimum atomic E-state index is -0.346. The predicted molar refractivity (Wildman–Crippen MR) is 83.6 cm³/mol. The van der Waals surface area contributed by atoms with E-state index in [1.54, 1.807) is 0 Å². The SMILES string of the molecule is CCCCCC1CCCN1NC(=O)OCc1ccccc1. The standard InChI is InChI=1S/C17H26N2O2/c1-2-3-5-11-16-12-8-13-19(16)18-17(20)21-14-15-9-6-4-7-10-15/h4,6-7,9-10,16H,2-3,5,8,11-14H2,1H3,(H,18,20). The predicted octanol–water partition coefficient (Wildman–Crippen LogP) is 3.87. The topological polar surface area (TPSA) is 41.6 Å². The van der Waals surface area contributed by atoms with Crippen LogP contribution in [0, 0.1) is 0 Å². The van der Waals surface area contributed by atoms with E-state index in [1.807, 2.05) is 30.3 Å². The summed E-state index contributed by atoms with van der Waals surface area (Å²) in [7, 11) is 0. The molecule has 1 unspecified atom stereocenters. The van der Waals surface area contributed by atoms with E-state index in [1.165, 1.54) is 25.7 Å². The molecule has 1 N–H and O–H groups in total. The van der Waals surface area contributed by atoms with Crippen molar-refractivity contribution in [2.45, 2.75) is 58.1 Å². The molecule has 1 aromatic rings. The minimum Gasteiger partial charge on any atom is -0.444 e. The highest BCUT2D eigenvalue weighted by molar-refractivity contribution is 5.66. The number of amides is 1. The molecule has 0 aromatic heterocycles. The van der Waals surface area contributed by atoms with Gasteiger partial charge >= 0.3 is 6.09 Å². The number of nitrogens with zero attached hydrogens (tertiary/aromatic N) is 1. The van der Waals surface area contributed by atoms with Crippen molar-refractivity contribution in [1.82, 2.24) is 10.4 Å². The lowest BCUT2D eigenvalue weighted by atomic mass is 10.1. The first-order chi connectivity index (χ1) is 10.3. The van der Waals surface area contributed by atoms with Crippen LogP contribution in [0.15, 0.2) is 30.3 Å². The van der Waals surface area contributed by atoms with Gasteiger partial charge in [0.1, 0.15) is 6.61 Å². The summed E-state index contributed by atoms with van der Waals surface area (Å²) in [4.78, 5) is 11.9. The summed E-state index contributed by atoms with van der Waals surface area (Å²) >= 11 is 0. The van der Waals surface area contributed by atoms with Crippen molar-refractivity contribution in [3.8, 4) is 0 Å². The van der Waals surface area contributed by atoms with E-state index < -0.39 is 0 Å². The molecular formula is C17H26N2O2. The van der Waals surface area contributed by atoms with Gasteiger partial charge in [0.15, 0.2) is 0 Å². The third-order valence-corrected chi connectivity index (χ3v) is 3.97. The average molecular weight is 290 g/mol. The molecule has 1 amide bonds. The van der Waals surface area contributed by atoms with E-state index in [2.05, 4.69) is 17.4 Å². The number of unbranched alkanes of at least 4 members (excludes halogenated alkanes) is 2. The fourth-order valence-electron chi connectivity index (χ4n) is 2.79. The molecule has 4 heteroatoms. The van der Waals surface area contributed by atoms with E-state index in [9.17, 15) is 4.79 Å². The van der Waals surface area contributed by atoms with E-state index in [-0.39, 0.29) is 6.09 Å². The van der Waals surface area contributed by atoms with Gasteiger partial charge in [0.2, 0.25) is 0 Å². The molecule has 21 heavy (non-hydrogen) atoms. The van der Waals surface area contributed by atoms with Gasteiger partial charge in [-0.3, -0.25) is 5.43 Å². The molecule has 0 spiro atoms. The second-order valence-electron chi connectivity index (χ2n) is 5.66. The van der Waals surface area contributed by atoms with Gasteiger partial charge in [0, 0.05) is 12.6 Å². The van der Waals surface area contributed by atoms with Crippen LogP contribution in [0.2, 0.25) is 0 Å². The fraction of sp³-hybridized carbons (Fsp3) is 0.588. The van der Waals surface area contributed by atoms with Crippen molar-refractivity contribution in [3.63, 3.8) is 0 Å². The van der Waals surface area contributed by atoms with Gasteiger partial charge in [-0.15, -0.1) is 0 Å². The largest absolute Gasteiger partial charge is 0.444 e. The zero-order valence-corrected chi connectivity index (χ0v) is 12.9. The summed E-state index contributed by atoms with van der Waals surface area (Å²) in [5.74, 6) is 0. The highest BCUT2D eigenvalue weighted by Gasteiger charge is 2.25. The van der Waals surface area contributed by atoms with Crippen molar-refractivity contribution < 1.29 is 9.53 Å². The summed E-state index contributed by atoms with van der Waals surface area (Å²) in [6.07, 6.45) is 6.87. The van der Waals surface area contributed by atoms with E-state index in [4.69, 9.17) is 4.74 Å². The van der Waals surface area contributed by atoms with Gasteiger partial charge in [-0.25, -0.2) is 9.80 Å². The molecule has 1 atom stereocenters. The third kappa shape index (κ3) is 5.38. The maximum atomic E-state index is 11.9. The van der Waals surface area contributed by atoms with Crippen molar-refractivity contribution in [3.05, 3.63) is 35.9 Å². The maximum Gasteiger partial charge on any atom is 0.422 e. The highest BCUT2D eigenvalue weighted by atomic mass is 16.6. The summed E-state index contributed by atoms with van der Waals surface area (Å²) < 4.78 is 5.27. The van der Waals surface area contributed by atoms with Crippen LogP contribution in [0.5, 0.6) is 0 Å². The molecule has 1 fully saturated rings. The first-order valence-electron chi connectivity index (χ1n) is 8.03. The molecule has 1 aliphatic rings. The molecule has 0 radical (unpaired) electrons. The summed E-state index contributed by atoms with van der Waals surface area (Å²) in [5.41, 5.74) is 3.91. The first-order valence-corrected chi connectivity index (χ1v) is 8.03. The second kappa shape index (κ2) is 8.67. The number of hydrogen-bond donors (Lipinski definition) is 1. The van der Waals surface area contributed by atoms with Crippen LogP contribution in [0.3, 0.4) is 0 Å². The van der Waals surface area contributed by atoms with Crippen LogP contribution < -0.4 is 5.43 Å². The van der Waals surface area contributed by atoms with Gasteiger partial charge < -0.3 is 4.74 Å². The van der Waals surface area contributed by atoms with E-state index >= 15 is 0 Å². The smallest absolute Gasteiger partial charge is 0.422 e. The van der Waals surface area contributed by atoms with Crippen LogP contribution in [-0.2, 0) is 11.3 Å². The Bertz CT molecular complexity index is 422. The number of carbonyl (C=O) groups excluding carboxylic acids is 1. The number of hydrogen-bond acceptors (Lipinski definition) is 3. The molecule has 1 aromatic carbocycles. The molecule has 0 saturated carbocycles. The van der Waals surface area contributed by atoms with E-state index in [0.29, 0.717) is 12.6 Å². The average Bonchev–Trinajstić information content (AvgIpc) is 2.94. The fourth-order valence-corrected chi connectivity index (χ4v) is 2.79. The molecule has 0 bridgehead atoms. The molecule has 2 rings (SSSR count). The minimum absolute atomic E-state index is 0.320. The Labute approximate surface area is 127 Å². The van der Waals surface area contributed by atoms with Gasteiger partial charge in [0.25, 0.3) is 0 Å². The number of rotatable bonds is 7. The van der Waals surface area contributed by atoms with Crippen LogP contribution in [0.25, 0.3) is 0 Å².